The van der Waals surface area contributed by atoms with Crippen LogP contribution < -0.4 is 10.5 Å². The fraction of sp³-hybridized carbons (Fsp3) is 0.500. The second-order valence-corrected chi connectivity index (χ2v) is 6.07. The smallest absolute Gasteiger partial charge is 0.180 e. The van der Waals surface area contributed by atoms with Crippen LogP contribution in [0.1, 0.15) is 38.5 Å². The quantitative estimate of drug-likeness (QED) is 0.640. The summed E-state index contributed by atoms with van der Waals surface area (Å²) >= 11 is 1.58. The van der Waals surface area contributed by atoms with Crippen molar-refractivity contribution >= 4 is 39.6 Å². The summed E-state index contributed by atoms with van der Waals surface area (Å²) in [5.74, 6) is 1.87. The highest BCUT2D eigenvalue weighted by Gasteiger charge is 2.07. The van der Waals surface area contributed by atoms with E-state index in [0.717, 1.165) is 31.0 Å². The summed E-state index contributed by atoms with van der Waals surface area (Å²) in [6.45, 7) is 0.807. The third-order valence-electron chi connectivity index (χ3n) is 3.30. The maximum Gasteiger partial charge on any atom is 0.180 e. The molecule has 0 amide bonds. The first-order valence-electron chi connectivity index (χ1n) is 7.54. The third kappa shape index (κ3) is 7.84. The predicted octanol–water partition coefficient (Wildman–Crippen LogP) is 4.40. The van der Waals surface area contributed by atoms with Gasteiger partial charge in [0, 0.05) is 5.75 Å². The summed E-state index contributed by atoms with van der Waals surface area (Å²) in [7, 11) is 0. The van der Waals surface area contributed by atoms with Gasteiger partial charge < -0.3 is 10.5 Å². The molecule has 0 unspecified atom stereocenters. The molecule has 122 valence electrons. The van der Waals surface area contributed by atoms with Gasteiger partial charge in [0.25, 0.3) is 0 Å². The monoisotopic (exact) mass is 385 g/mol. The standard InChI is InChI=1S/C16H23N3OS.BrH/c17-16-19-18-14(13-21-16)9-5-2-1-3-8-12-20-15-10-6-4-7-11-15;/h4,6-7,10-11H,1-3,5,8-9,12-13H2,(H2,17,19);1H. The zero-order chi connectivity index (χ0) is 14.8. The molecule has 1 heterocycles. The van der Waals surface area contributed by atoms with Gasteiger partial charge in [-0.25, -0.2) is 0 Å². The van der Waals surface area contributed by atoms with Crippen molar-refractivity contribution in [3.05, 3.63) is 30.3 Å². The number of thioether (sulfide) groups is 1. The van der Waals surface area contributed by atoms with Gasteiger partial charge in [0.05, 0.1) is 12.3 Å². The highest BCUT2D eigenvalue weighted by Crippen LogP contribution is 2.14. The zero-order valence-electron chi connectivity index (χ0n) is 12.7. The van der Waals surface area contributed by atoms with Crippen LogP contribution >= 0.6 is 28.7 Å². The molecule has 6 heteroatoms. The molecule has 0 atom stereocenters. The van der Waals surface area contributed by atoms with E-state index in [1.54, 1.807) is 11.8 Å². The topological polar surface area (TPSA) is 60.0 Å². The van der Waals surface area contributed by atoms with Gasteiger partial charge in [-0.3, -0.25) is 0 Å². The van der Waals surface area contributed by atoms with E-state index in [4.69, 9.17) is 10.5 Å². The molecular weight excluding hydrogens is 362 g/mol. The van der Waals surface area contributed by atoms with Gasteiger partial charge in [-0.15, -0.1) is 22.1 Å². The van der Waals surface area contributed by atoms with Crippen LogP contribution in [0.2, 0.25) is 0 Å². The normalized spacial score (nSPS) is 13.8. The minimum atomic E-state index is 0. The lowest BCUT2D eigenvalue weighted by Crippen LogP contribution is -2.15. The van der Waals surface area contributed by atoms with Crippen LogP contribution in [0.25, 0.3) is 0 Å². The Morgan fingerprint density at radius 1 is 1.00 bits per heavy atom. The molecule has 2 N–H and O–H groups in total. The molecule has 0 saturated heterocycles. The maximum atomic E-state index is 5.67. The molecule has 1 aliphatic rings. The van der Waals surface area contributed by atoms with Gasteiger partial charge in [0.1, 0.15) is 5.75 Å². The molecule has 0 aliphatic carbocycles. The van der Waals surface area contributed by atoms with E-state index < -0.39 is 0 Å². The molecule has 22 heavy (non-hydrogen) atoms. The molecule has 0 saturated carbocycles. The molecule has 0 bridgehead atoms. The fourth-order valence-electron chi connectivity index (χ4n) is 2.13. The number of nitrogens with two attached hydrogens (primary N) is 1. The second kappa shape index (κ2) is 11.5. The molecule has 2 rings (SSSR count). The Bertz CT molecular complexity index is 480. The molecular formula is C16H24BrN3OS. The Morgan fingerprint density at radius 3 is 2.45 bits per heavy atom. The summed E-state index contributed by atoms with van der Waals surface area (Å²) < 4.78 is 5.67. The van der Waals surface area contributed by atoms with Gasteiger partial charge >= 0.3 is 0 Å². The van der Waals surface area contributed by atoms with E-state index in [0.29, 0.717) is 5.17 Å². The number of rotatable bonds is 9. The summed E-state index contributed by atoms with van der Waals surface area (Å²) in [5.41, 5.74) is 6.72. The molecule has 1 aliphatic heterocycles. The minimum absolute atomic E-state index is 0. The highest BCUT2D eigenvalue weighted by atomic mass is 79.9. The van der Waals surface area contributed by atoms with Crippen molar-refractivity contribution < 1.29 is 4.74 Å². The van der Waals surface area contributed by atoms with Gasteiger partial charge in [-0.2, -0.15) is 5.10 Å². The fourth-order valence-corrected chi connectivity index (χ4v) is 2.74. The Morgan fingerprint density at radius 2 is 1.73 bits per heavy atom. The first-order chi connectivity index (χ1) is 10.3. The number of benzene rings is 1. The van der Waals surface area contributed by atoms with E-state index >= 15 is 0 Å². The van der Waals surface area contributed by atoms with E-state index in [2.05, 4.69) is 10.2 Å². The van der Waals surface area contributed by atoms with Crippen LogP contribution in [0.4, 0.5) is 0 Å². The average molecular weight is 386 g/mol. The number of halogens is 1. The Hall–Kier alpha value is -1.01. The predicted molar refractivity (Wildman–Crippen MR) is 101 cm³/mol. The number of ether oxygens (including phenoxy) is 1. The third-order valence-corrected chi connectivity index (χ3v) is 4.15. The Labute approximate surface area is 147 Å². The molecule has 0 aromatic heterocycles. The first kappa shape index (κ1) is 19.0. The lowest BCUT2D eigenvalue weighted by Gasteiger charge is -2.08. The number of amidine groups is 1. The van der Waals surface area contributed by atoms with E-state index in [9.17, 15) is 0 Å². The lowest BCUT2D eigenvalue weighted by molar-refractivity contribution is 0.304. The Balaban J connectivity index is 0.00000242. The molecule has 4 nitrogen and oxygen atoms in total. The van der Waals surface area contributed by atoms with Crippen molar-refractivity contribution in [2.45, 2.75) is 38.5 Å². The van der Waals surface area contributed by atoms with Gasteiger partial charge in [-0.05, 0) is 31.4 Å². The lowest BCUT2D eigenvalue weighted by atomic mass is 10.1. The largest absolute Gasteiger partial charge is 0.494 e. The molecule has 1 aromatic rings. The summed E-state index contributed by atoms with van der Waals surface area (Å²) in [4.78, 5) is 0. The number of unbranched alkanes of at least 4 members (excludes halogenated alkanes) is 4. The first-order valence-corrected chi connectivity index (χ1v) is 8.52. The van der Waals surface area contributed by atoms with Crippen LogP contribution in [0.15, 0.2) is 40.5 Å². The van der Waals surface area contributed by atoms with Crippen molar-refractivity contribution in [1.82, 2.24) is 0 Å². The summed E-state index contributed by atoms with van der Waals surface area (Å²) in [5, 5.41) is 8.62. The second-order valence-electron chi connectivity index (χ2n) is 5.07. The molecule has 0 spiro atoms. The Kier molecular flexibility index (Phi) is 9.99. The summed E-state index contributed by atoms with van der Waals surface area (Å²) in [6.07, 6.45) is 7.07. The maximum absolute atomic E-state index is 5.67. The van der Waals surface area contributed by atoms with Gasteiger partial charge in [-0.1, -0.05) is 49.2 Å². The molecule has 0 radical (unpaired) electrons. The zero-order valence-corrected chi connectivity index (χ0v) is 15.3. The van der Waals surface area contributed by atoms with Crippen LogP contribution in [0.3, 0.4) is 0 Å². The number of hydrogen-bond acceptors (Lipinski definition) is 5. The molecule has 0 fully saturated rings. The van der Waals surface area contributed by atoms with Crippen molar-refractivity contribution in [3.63, 3.8) is 0 Å². The summed E-state index contributed by atoms with van der Waals surface area (Å²) in [6, 6.07) is 10.00. The van der Waals surface area contributed by atoms with Gasteiger partial charge in [0.15, 0.2) is 5.17 Å². The van der Waals surface area contributed by atoms with E-state index in [1.807, 2.05) is 30.3 Å². The van der Waals surface area contributed by atoms with Crippen LogP contribution in [0, 0.1) is 0 Å². The van der Waals surface area contributed by atoms with Crippen molar-refractivity contribution in [1.29, 1.82) is 0 Å². The van der Waals surface area contributed by atoms with Crippen molar-refractivity contribution in [3.8, 4) is 5.75 Å². The minimum Gasteiger partial charge on any atom is -0.494 e. The van der Waals surface area contributed by atoms with Crippen molar-refractivity contribution in [2.75, 3.05) is 12.4 Å². The average Bonchev–Trinajstić information content (AvgIpc) is 2.53. The number of hydrogen-bond donors (Lipinski definition) is 1. The SMILES string of the molecule is Br.NC1=NN=C(CCCCCCCOc2ccccc2)CS1. The highest BCUT2D eigenvalue weighted by molar-refractivity contribution is 8.93. The molecule has 1 aromatic carbocycles. The number of nitrogens with zero attached hydrogens (tertiary/aromatic N) is 2. The van der Waals surface area contributed by atoms with E-state index in [-0.39, 0.29) is 17.0 Å². The van der Waals surface area contributed by atoms with Crippen LogP contribution in [-0.4, -0.2) is 23.2 Å². The van der Waals surface area contributed by atoms with Crippen molar-refractivity contribution in [2.24, 2.45) is 15.9 Å². The van der Waals surface area contributed by atoms with Crippen LogP contribution in [-0.2, 0) is 0 Å². The van der Waals surface area contributed by atoms with Gasteiger partial charge in [0.2, 0.25) is 0 Å². The number of para-hydroxylation sites is 1. The van der Waals surface area contributed by atoms with Crippen LogP contribution in [0.5, 0.6) is 5.75 Å². The van der Waals surface area contributed by atoms with E-state index in [1.165, 1.54) is 31.4 Å².